The predicted molar refractivity (Wildman–Crippen MR) is 100 cm³/mol. The van der Waals surface area contributed by atoms with Gasteiger partial charge in [-0.2, -0.15) is 5.10 Å². The Hall–Kier alpha value is -2.73. The molecule has 0 aliphatic carbocycles. The van der Waals surface area contributed by atoms with Gasteiger partial charge in [0.15, 0.2) is 0 Å². The molecule has 2 aromatic heterocycles. The summed E-state index contributed by atoms with van der Waals surface area (Å²) in [4.78, 5) is 19.2. The highest BCUT2D eigenvalue weighted by molar-refractivity contribution is 5.87. The summed E-state index contributed by atoms with van der Waals surface area (Å²) in [6, 6.07) is 14.1. The fraction of sp³-hybridized carbons (Fsp3) is 0.350. The van der Waals surface area contributed by atoms with Crippen LogP contribution in [0.2, 0.25) is 0 Å². The highest BCUT2D eigenvalue weighted by Crippen LogP contribution is 2.16. The fourth-order valence-electron chi connectivity index (χ4n) is 3.54. The van der Waals surface area contributed by atoms with Crippen molar-refractivity contribution in [2.24, 2.45) is 0 Å². The minimum Gasteiger partial charge on any atom is -0.353 e. The molecule has 1 saturated heterocycles. The summed E-state index contributed by atoms with van der Waals surface area (Å²) in [5.74, 6) is 0.0579. The number of nitrogens with one attached hydrogen (secondary N) is 2. The van der Waals surface area contributed by atoms with E-state index in [0.717, 1.165) is 54.8 Å². The Morgan fingerprint density at radius 2 is 1.96 bits per heavy atom. The maximum atomic E-state index is 12.4. The first-order valence-electron chi connectivity index (χ1n) is 9.11. The number of nitrogens with zero attached hydrogens (tertiary/aromatic N) is 3. The van der Waals surface area contributed by atoms with Gasteiger partial charge in [0.2, 0.25) is 5.91 Å². The van der Waals surface area contributed by atoms with Crippen molar-refractivity contribution in [2.45, 2.75) is 31.8 Å². The summed E-state index contributed by atoms with van der Waals surface area (Å²) in [5, 5.41) is 11.4. The Bertz CT molecular complexity index is 868. The summed E-state index contributed by atoms with van der Waals surface area (Å²) < 4.78 is 0. The molecule has 1 amide bonds. The monoisotopic (exact) mass is 349 g/mol. The third-order valence-electron chi connectivity index (χ3n) is 4.94. The molecule has 0 atom stereocenters. The second kappa shape index (κ2) is 7.66. The third-order valence-corrected chi connectivity index (χ3v) is 4.94. The van der Waals surface area contributed by atoms with Gasteiger partial charge in [-0.25, -0.2) is 0 Å². The Kier molecular flexibility index (Phi) is 4.93. The smallest absolute Gasteiger partial charge is 0.226 e. The van der Waals surface area contributed by atoms with Gasteiger partial charge in [0.05, 0.1) is 23.3 Å². The van der Waals surface area contributed by atoms with Crippen molar-refractivity contribution >= 4 is 16.8 Å². The average Bonchev–Trinajstić information content (AvgIpc) is 3.07. The number of carbonyl (C=O) groups excluding carboxylic acids is 1. The lowest BCUT2D eigenvalue weighted by Gasteiger charge is -2.32. The van der Waals surface area contributed by atoms with Gasteiger partial charge in [-0.05, 0) is 31.0 Å². The first kappa shape index (κ1) is 16.7. The Balaban J connectivity index is 1.27. The number of likely N-dealkylation sites (tertiary alicyclic amines) is 1. The van der Waals surface area contributed by atoms with E-state index >= 15 is 0 Å². The normalized spacial score (nSPS) is 16.0. The van der Waals surface area contributed by atoms with Crippen LogP contribution in [0.15, 0.2) is 48.7 Å². The van der Waals surface area contributed by atoms with Crippen LogP contribution in [-0.2, 0) is 17.8 Å². The number of aromatic amines is 1. The quantitative estimate of drug-likeness (QED) is 0.741. The van der Waals surface area contributed by atoms with E-state index < -0.39 is 0 Å². The first-order chi connectivity index (χ1) is 12.8. The van der Waals surface area contributed by atoms with Crippen LogP contribution >= 0.6 is 0 Å². The molecule has 0 spiro atoms. The van der Waals surface area contributed by atoms with Crippen LogP contribution in [0.4, 0.5) is 0 Å². The van der Waals surface area contributed by atoms with Crippen LogP contribution in [0.1, 0.15) is 24.2 Å². The third kappa shape index (κ3) is 3.91. The summed E-state index contributed by atoms with van der Waals surface area (Å²) >= 11 is 0. The molecule has 1 aromatic carbocycles. The van der Waals surface area contributed by atoms with Gasteiger partial charge in [0, 0.05) is 37.3 Å². The van der Waals surface area contributed by atoms with E-state index in [-0.39, 0.29) is 11.9 Å². The summed E-state index contributed by atoms with van der Waals surface area (Å²) in [6.07, 6.45) is 4.13. The minimum absolute atomic E-state index is 0.0579. The van der Waals surface area contributed by atoms with Crippen molar-refractivity contribution in [1.82, 2.24) is 25.4 Å². The zero-order chi connectivity index (χ0) is 17.8. The van der Waals surface area contributed by atoms with Crippen molar-refractivity contribution < 1.29 is 4.79 Å². The number of hydrogen-bond donors (Lipinski definition) is 2. The molecule has 2 N–H and O–H groups in total. The van der Waals surface area contributed by atoms with Gasteiger partial charge < -0.3 is 5.32 Å². The lowest BCUT2D eigenvalue weighted by atomic mass is 10.0. The number of carbonyl (C=O) groups is 1. The molecule has 1 fully saturated rings. The van der Waals surface area contributed by atoms with Crippen molar-refractivity contribution in [3.63, 3.8) is 0 Å². The van der Waals surface area contributed by atoms with Gasteiger partial charge >= 0.3 is 0 Å². The molecule has 6 nitrogen and oxygen atoms in total. The molecule has 4 rings (SSSR count). The molecule has 26 heavy (non-hydrogen) atoms. The van der Waals surface area contributed by atoms with Crippen LogP contribution in [0.5, 0.6) is 0 Å². The SMILES string of the molecule is O=C(Cc1[nH]nc2ccccc12)NC1CCN(Cc2ccccn2)CC1. The van der Waals surface area contributed by atoms with Crippen LogP contribution in [0.25, 0.3) is 10.9 Å². The van der Waals surface area contributed by atoms with E-state index in [2.05, 4.69) is 31.5 Å². The number of para-hydroxylation sites is 1. The van der Waals surface area contributed by atoms with Crippen LogP contribution in [-0.4, -0.2) is 45.1 Å². The summed E-state index contributed by atoms with van der Waals surface area (Å²) in [7, 11) is 0. The highest BCUT2D eigenvalue weighted by atomic mass is 16.1. The van der Waals surface area contributed by atoms with Crippen LogP contribution in [0, 0.1) is 0 Å². The average molecular weight is 349 g/mol. The Labute approximate surface area is 152 Å². The van der Waals surface area contributed by atoms with E-state index in [1.165, 1.54) is 0 Å². The zero-order valence-corrected chi connectivity index (χ0v) is 14.7. The Morgan fingerprint density at radius 3 is 2.77 bits per heavy atom. The number of piperidine rings is 1. The van der Waals surface area contributed by atoms with Gasteiger partial charge in [-0.15, -0.1) is 0 Å². The number of aromatic nitrogens is 3. The van der Waals surface area contributed by atoms with E-state index in [1.54, 1.807) is 0 Å². The fourth-order valence-corrected chi connectivity index (χ4v) is 3.54. The van der Waals surface area contributed by atoms with Crippen molar-refractivity contribution in [3.05, 3.63) is 60.0 Å². The number of amides is 1. The van der Waals surface area contributed by atoms with E-state index in [4.69, 9.17) is 0 Å². The number of hydrogen-bond acceptors (Lipinski definition) is 4. The lowest BCUT2D eigenvalue weighted by Crippen LogP contribution is -2.44. The molecule has 0 radical (unpaired) electrons. The summed E-state index contributed by atoms with van der Waals surface area (Å²) in [5.41, 5.74) is 2.88. The second-order valence-corrected chi connectivity index (χ2v) is 6.84. The van der Waals surface area contributed by atoms with Gasteiger partial charge in [-0.1, -0.05) is 24.3 Å². The zero-order valence-electron chi connectivity index (χ0n) is 14.7. The van der Waals surface area contributed by atoms with E-state index in [1.807, 2.05) is 42.6 Å². The largest absolute Gasteiger partial charge is 0.353 e. The molecule has 3 heterocycles. The molecule has 1 aliphatic rings. The molecule has 0 bridgehead atoms. The molecular formula is C20H23N5O. The van der Waals surface area contributed by atoms with Gasteiger partial charge in [-0.3, -0.25) is 19.8 Å². The molecule has 6 heteroatoms. The molecule has 0 saturated carbocycles. The number of H-pyrrole nitrogens is 1. The number of pyridine rings is 1. The van der Waals surface area contributed by atoms with E-state index in [0.29, 0.717) is 6.42 Å². The summed E-state index contributed by atoms with van der Waals surface area (Å²) in [6.45, 7) is 2.84. The number of fused-ring (bicyclic) bond motifs is 1. The molecule has 134 valence electrons. The first-order valence-corrected chi connectivity index (χ1v) is 9.11. The maximum Gasteiger partial charge on any atom is 0.226 e. The van der Waals surface area contributed by atoms with E-state index in [9.17, 15) is 4.79 Å². The minimum atomic E-state index is 0.0579. The highest BCUT2D eigenvalue weighted by Gasteiger charge is 2.21. The van der Waals surface area contributed by atoms with Gasteiger partial charge in [0.1, 0.15) is 0 Å². The lowest BCUT2D eigenvalue weighted by molar-refractivity contribution is -0.121. The van der Waals surface area contributed by atoms with Crippen LogP contribution in [0.3, 0.4) is 0 Å². The van der Waals surface area contributed by atoms with Gasteiger partial charge in [0.25, 0.3) is 0 Å². The Morgan fingerprint density at radius 1 is 1.15 bits per heavy atom. The molecule has 1 aliphatic heterocycles. The van der Waals surface area contributed by atoms with Crippen molar-refractivity contribution in [3.8, 4) is 0 Å². The van der Waals surface area contributed by atoms with Crippen molar-refractivity contribution in [1.29, 1.82) is 0 Å². The predicted octanol–water partition coefficient (Wildman–Crippen LogP) is 2.28. The standard InChI is InChI=1S/C20H23N5O/c26-20(13-19-17-6-1-2-7-18(17)23-24-19)22-15-8-11-25(12-9-15)14-16-5-3-4-10-21-16/h1-7,10,15H,8-9,11-14H2,(H,22,26)(H,23,24). The number of rotatable bonds is 5. The second-order valence-electron chi connectivity index (χ2n) is 6.84. The van der Waals surface area contributed by atoms with Crippen molar-refractivity contribution in [2.75, 3.05) is 13.1 Å². The van der Waals surface area contributed by atoms with Crippen LogP contribution < -0.4 is 5.32 Å². The maximum absolute atomic E-state index is 12.4. The molecular weight excluding hydrogens is 326 g/mol. The topological polar surface area (TPSA) is 73.9 Å². The number of benzene rings is 1. The molecule has 0 unspecified atom stereocenters. The molecule has 3 aromatic rings.